The Morgan fingerprint density at radius 2 is 1.82 bits per heavy atom. The lowest BCUT2D eigenvalue weighted by Crippen LogP contribution is -2.31. The smallest absolute Gasteiger partial charge is 0.294 e. The van der Waals surface area contributed by atoms with Gasteiger partial charge in [-0.05, 0) is 48.0 Å². The van der Waals surface area contributed by atoms with Gasteiger partial charge in [-0.1, -0.05) is 41.9 Å². The van der Waals surface area contributed by atoms with E-state index in [-0.39, 0.29) is 17.0 Å². The fourth-order valence-electron chi connectivity index (χ4n) is 4.13. The van der Waals surface area contributed by atoms with Crippen molar-refractivity contribution in [3.63, 3.8) is 0 Å². The van der Waals surface area contributed by atoms with Crippen LogP contribution in [0.15, 0.2) is 88.5 Å². The van der Waals surface area contributed by atoms with Crippen LogP contribution < -0.4 is 9.64 Å². The Morgan fingerprint density at radius 1 is 1.09 bits per heavy atom. The molecule has 0 bridgehead atoms. The van der Waals surface area contributed by atoms with E-state index in [4.69, 9.17) is 20.8 Å². The lowest BCUT2D eigenvalue weighted by molar-refractivity contribution is -0.117. The van der Waals surface area contributed by atoms with E-state index in [2.05, 4.69) is 0 Å². The van der Waals surface area contributed by atoms with Crippen molar-refractivity contribution < 1.29 is 28.2 Å². The summed E-state index contributed by atoms with van der Waals surface area (Å²) in [7, 11) is 1.48. The molecule has 0 radical (unpaired) electrons. The summed E-state index contributed by atoms with van der Waals surface area (Å²) in [5, 5.41) is 11.9. The minimum atomic E-state index is -1.03. The van der Waals surface area contributed by atoms with Gasteiger partial charge < -0.3 is 14.3 Å². The van der Waals surface area contributed by atoms with Gasteiger partial charge in [0.05, 0.1) is 18.7 Å². The van der Waals surface area contributed by atoms with Gasteiger partial charge in [-0.2, -0.15) is 0 Å². The highest BCUT2D eigenvalue weighted by atomic mass is 35.5. The van der Waals surface area contributed by atoms with Crippen LogP contribution in [0.3, 0.4) is 0 Å². The van der Waals surface area contributed by atoms with E-state index in [0.717, 1.165) is 6.07 Å². The number of ketones is 1. The second kappa shape index (κ2) is 8.35. The van der Waals surface area contributed by atoms with E-state index in [9.17, 15) is 19.1 Å². The van der Waals surface area contributed by atoms with Crippen molar-refractivity contribution in [1.82, 2.24) is 0 Å². The maximum Gasteiger partial charge on any atom is 0.294 e. The molecule has 34 heavy (non-hydrogen) atoms. The molecule has 2 heterocycles. The lowest BCUT2D eigenvalue weighted by Gasteiger charge is -2.26. The molecule has 3 aromatic carbocycles. The third-order valence-corrected chi connectivity index (χ3v) is 5.93. The molecule has 1 unspecified atom stereocenters. The second-order valence-electron chi connectivity index (χ2n) is 7.69. The van der Waals surface area contributed by atoms with Gasteiger partial charge in [0.2, 0.25) is 5.78 Å². The van der Waals surface area contributed by atoms with Gasteiger partial charge in [-0.15, -0.1) is 0 Å². The number of amides is 1. The summed E-state index contributed by atoms with van der Waals surface area (Å²) in [6.45, 7) is 0. The van der Waals surface area contributed by atoms with Crippen molar-refractivity contribution in [2.24, 2.45) is 0 Å². The first-order valence-electron chi connectivity index (χ1n) is 10.3. The second-order valence-corrected chi connectivity index (χ2v) is 8.13. The van der Waals surface area contributed by atoms with E-state index in [1.807, 2.05) is 0 Å². The number of Topliss-reactive ketones (excluding diaryl/α,β-unsaturated/α-hetero) is 1. The predicted molar refractivity (Wildman–Crippen MR) is 125 cm³/mol. The number of methoxy groups -OCH3 is 1. The molecule has 0 aliphatic carbocycles. The summed E-state index contributed by atoms with van der Waals surface area (Å²) in [6, 6.07) is 17.5. The molecule has 8 heteroatoms. The Balaban J connectivity index is 1.67. The summed E-state index contributed by atoms with van der Waals surface area (Å²) < 4.78 is 25.1. The number of para-hydroxylation sites is 1. The Hall–Kier alpha value is -4.10. The van der Waals surface area contributed by atoms with Crippen LogP contribution in [0.5, 0.6) is 5.75 Å². The van der Waals surface area contributed by atoms with Crippen LogP contribution in [-0.4, -0.2) is 23.9 Å². The summed E-state index contributed by atoms with van der Waals surface area (Å²) in [5.41, 5.74) is 0.867. The molecule has 0 saturated heterocycles. The first-order chi connectivity index (χ1) is 16.4. The first kappa shape index (κ1) is 21.7. The van der Waals surface area contributed by atoms with Crippen LogP contribution in [0, 0.1) is 5.82 Å². The third-order valence-electron chi connectivity index (χ3n) is 5.68. The fraction of sp³-hybridized carbons (Fsp3) is 0.0769. The van der Waals surface area contributed by atoms with Gasteiger partial charge in [0.25, 0.3) is 5.91 Å². The largest absolute Gasteiger partial charge is 0.503 e. The molecule has 170 valence electrons. The molecule has 0 spiro atoms. The molecular weight excluding hydrogens is 461 g/mol. The van der Waals surface area contributed by atoms with Crippen molar-refractivity contribution in [3.05, 3.63) is 106 Å². The summed E-state index contributed by atoms with van der Waals surface area (Å²) in [5.74, 6) is -2.45. The molecule has 5 rings (SSSR count). The Bertz CT molecular complexity index is 1470. The monoisotopic (exact) mass is 477 g/mol. The van der Waals surface area contributed by atoms with Crippen molar-refractivity contribution in [3.8, 4) is 5.75 Å². The average Bonchev–Trinajstić information content (AvgIpc) is 3.38. The minimum absolute atomic E-state index is 0.0751. The van der Waals surface area contributed by atoms with Crippen molar-refractivity contribution in [2.45, 2.75) is 6.04 Å². The van der Waals surface area contributed by atoms with Crippen LogP contribution >= 0.6 is 11.6 Å². The van der Waals surface area contributed by atoms with Crippen molar-refractivity contribution in [1.29, 1.82) is 0 Å². The molecule has 1 amide bonds. The van der Waals surface area contributed by atoms with Gasteiger partial charge in [0.15, 0.2) is 22.9 Å². The molecule has 1 N–H and O–H groups in total. The molecule has 6 nitrogen and oxygen atoms in total. The van der Waals surface area contributed by atoms with E-state index >= 15 is 0 Å². The van der Waals surface area contributed by atoms with E-state index < -0.39 is 29.3 Å². The quantitative estimate of drug-likeness (QED) is 0.356. The van der Waals surface area contributed by atoms with Gasteiger partial charge >= 0.3 is 0 Å². The van der Waals surface area contributed by atoms with Gasteiger partial charge in [0.1, 0.15) is 5.82 Å². The average molecular weight is 478 g/mol. The summed E-state index contributed by atoms with van der Waals surface area (Å²) in [6.07, 6.45) is 0. The molecule has 1 aliphatic rings. The number of aliphatic hydroxyl groups excluding tert-OH is 1. The van der Waals surface area contributed by atoms with Crippen LogP contribution in [-0.2, 0) is 4.79 Å². The normalized spacial score (nSPS) is 15.9. The highest BCUT2D eigenvalue weighted by Gasteiger charge is 2.45. The van der Waals surface area contributed by atoms with Crippen molar-refractivity contribution in [2.75, 3.05) is 12.0 Å². The number of rotatable bonds is 5. The number of aliphatic hydroxyl groups is 1. The SMILES string of the molecule is COc1cccc2cc(C(=O)C3=C(O)C(=O)N(c4cccc(F)c4)C3c3ccc(Cl)cc3)oc12. The molecule has 4 aromatic rings. The standard InChI is InChI=1S/C26H17ClFNO5/c1-33-19-7-2-4-15-12-20(34-25(15)19)23(30)21-22(14-8-10-16(27)11-9-14)29(26(32)24(21)31)18-6-3-5-17(28)13-18/h2-13,22,31H,1H3. The zero-order valence-electron chi connectivity index (χ0n) is 17.8. The maximum atomic E-state index is 14.0. The molecule has 1 aliphatic heterocycles. The molecular formula is C26H17ClFNO5. The van der Waals surface area contributed by atoms with Gasteiger partial charge in [-0.25, -0.2) is 4.39 Å². The number of nitrogens with zero attached hydrogens (tertiary/aromatic N) is 1. The van der Waals surface area contributed by atoms with Gasteiger partial charge in [-0.3, -0.25) is 14.5 Å². The summed E-state index contributed by atoms with van der Waals surface area (Å²) >= 11 is 6.03. The maximum absolute atomic E-state index is 14.0. The van der Waals surface area contributed by atoms with E-state index in [0.29, 0.717) is 27.3 Å². The third kappa shape index (κ3) is 3.50. The number of carbonyl (C=O) groups excluding carboxylic acids is 2. The summed E-state index contributed by atoms with van der Waals surface area (Å²) in [4.78, 5) is 28.0. The number of hydrogen-bond acceptors (Lipinski definition) is 5. The minimum Gasteiger partial charge on any atom is -0.503 e. The lowest BCUT2D eigenvalue weighted by atomic mass is 9.94. The Kier molecular flexibility index (Phi) is 5.34. The molecule has 0 fully saturated rings. The van der Waals surface area contributed by atoms with Crippen LogP contribution in [0.2, 0.25) is 5.02 Å². The molecule has 1 aromatic heterocycles. The van der Waals surface area contributed by atoms with Crippen LogP contribution in [0.25, 0.3) is 11.0 Å². The van der Waals surface area contributed by atoms with Crippen LogP contribution in [0.1, 0.15) is 22.2 Å². The fourth-order valence-corrected chi connectivity index (χ4v) is 4.26. The number of anilines is 1. The topological polar surface area (TPSA) is 80.0 Å². The number of halogens is 2. The number of furan rings is 1. The molecule has 0 saturated carbocycles. The Labute approximate surface area is 198 Å². The number of benzene rings is 3. The van der Waals surface area contributed by atoms with Crippen molar-refractivity contribution >= 4 is 39.9 Å². The Morgan fingerprint density at radius 3 is 2.53 bits per heavy atom. The number of fused-ring (bicyclic) bond motifs is 1. The van der Waals surface area contributed by atoms with Crippen LogP contribution in [0.4, 0.5) is 10.1 Å². The number of hydrogen-bond donors (Lipinski definition) is 1. The molecule has 1 atom stereocenters. The first-order valence-corrected chi connectivity index (χ1v) is 10.7. The van der Waals surface area contributed by atoms with E-state index in [1.54, 1.807) is 42.5 Å². The highest BCUT2D eigenvalue weighted by molar-refractivity contribution is 6.30. The number of carbonyl (C=O) groups is 2. The van der Waals surface area contributed by atoms with E-state index in [1.165, 1.54) is 36.3 Å². The van der Waals surface area contributed by atoms with Gasteiger partial charge in [0, 0.05) is 16.1 Å². The predicted octanol–water partition coefficient (Wildman–Crippen LogP) is 6.02. The number of ether oxygens (including phenoxy) is 1. The highest BCUT2D eigenvalue weighted by Crippen LogP contribution is 2.43. The zero-order chi connectivity index (χ0) is 24.0. The zero-order valence-corrected chi connectivity index (χ0v) is 18.5.